The van der Waals surface area contributed by atoms with E-state index >= 15 is 0 Å². The fourth-order valence-corrected chi connectivity index (χ4v) is 1.49. The van der Waals surface area contributed by atoms with Crippen molar-refractivity contribution in [3.05, 3.63) is 34.9 Å². The van der Waals surface area contributed by atoms with Gasteiger partial charge in [0.1, 0.15) is 0 Å². The highest BCUT2D eigenvalue weighted by atomic mass is 16.2. The van der Waals surface area contributed by atoms with Crippen LogP contribution in [0.2, 0.25) is 0 Å². The summed E-state index contributed by atoms with van der Waals surface area (Å²) in [5.74, 6) is 0. The molecule has 0 saturated heterocycles. The van der Waals surface area contributed by atoms with E-state index < -0.39 is 0 Å². The van der Waals surface area contributed by atoms with Crippen LogP contribution in [0.25, 0.3) is 0 Å². The second-order valence-electron chi connectivity index (χ2n) is 4.64. The molecule has 0 aromatic rings. The lowest BCUT2D eigenvalue weighted by atomic mass is 10.1. The molecule has 0 unspecified atom stereocenters. The van der Waals surface area contributed by atoms with E-state index in [-0.39, 0.29) is 6.61 Å². The largest absolute Gasteiger partial charge is 0.392 e. The SMILES string of the molecule is CC(C)=CCCC(C)=CCC/C(C)=C\CO. The van der Waals surface area contributed by atoms with Gasteiger partial charge in [0.2, 0.25) is 0 Å². The first-order valence-corrected chi connectivity index (χ1v) is 6.11. The van der Waals surface area contributed by atoms with Gasteiger partial charge in [-0.3, -0.25) is 0 Å². The Kier molecular flexibility index (Phi) is 8.93. The molecule has 0 aliphatic heterocycles. The average Bonchev–Trinajstić information content (AvgIpc) is 2.17. The van der Waals surface area contributed by atoms with Gasteiger partial charge in [-0.1, -0.05) is 34.9 Å². The first-order chi connectivity index (χ1) is 7.56. The third kappa shape index (κ3) is 9.72. The Bertz CT molecular complexity index is 265. The van der Waals surface area contributed by atoms with Gasteiger partial charge in [0, 0.05) is 0 Å². The number of aliphatic hydroxyl groups is 1. The number of allylic oxidation sites excluding steroid dienone is 5. The Morgan fingerprint density at radius 1 is 0.812 bits per heavy atom. The molecule has 1 N–H and O–H groups in total. The summed E-state index contributed by atoms with van der Waals surface area (Å²) in [5, 5.41) is 8.72. The van der Waals surface area contributed by atoms with Gasteiger partial charge in [-0.2, -0.15) is 0 Å². The maximum absolute atomic E-state index is 8.72. The average molecular weight is 222 g/mol. The molecule has 0 aliphatic rings. The van der Waals surface area contributed by atoms with E-state index in [2.05, 4.69) is 39.8 Å². The van der Waals surface area contributed by atoms with E-state index in [0.717, 1.165) is 25.7 Å². The molecule has 0 aliphatic carbocycles. The summed E-state index contributed by atoms with van der Waals surface area (Å²) in [5.41, 5.74) is 4.14. The lowest BCUT2D eigenvalue weighted by Gasteiger charge is -2.00. The van der Waals surface area contributed by atoms with Crippen molar-refractivity contribution in [2.45, 2.75) is 53.4 Å². The van der Waals surface area contributed by atoms with E-state index in [0.29, 0.717) is 0 Å². The minimum absolute atomic E-state index is 0.162. The molecule has 1 nitrogen and oxygen atoms in total. The van der Waals surface area contributed by atoms with Crippen molar-refractivity contribution in [3.8, 4) is 0 Å². The van der Waals surface area contributed by atoms with Crippen LogP contribution in [0.1, 0.15) is 53.4 Å². The van der Waals surface area contributed by atoms with E-state index in [1.165, 1.54) is 16.7 Å². The van der Waals surface area contributed by atoms with Crippen LogP contribution in [0.5, 0.6) is 0 Å². The maximum Gasteiger partial charge on any atom is 0.0614 e. The Morgan fingerprint density at radius 3 is 1.81 bits per heavy atom. The number of aliphatic hydroxyl groups excluding tert-OH is 1. The Morgan fingerprint density at radius 2 is 1.31 bits per heavy atom. The maximum atomic E-state index is 8.72. The number of hydrogen-bond acceptors (Lipinski definition) is 1. The van der Waals surface area contributed by atoms with Gasteiger partial charge >= 0.3 is 0 Å². The van der Waals surface area contributed by atoms with Gasteiger partial charge in [0.25, 0.3) is 0 Å². The summed E-state index contributed by atoms with van der Waals surface area (Å²) in [6, 6.07) is 0. The highest BCUT2D eigenvalue weighted by Crippen LogP contribution is 2.10. The van der Waals surface area contributed by atoms with Crippen molar-refractivity contribution in [2.75, 3.05) is 6.61 Å². The molecule has 1 heteroatoms. The molecule has 0 bridgehead atoms. The molecule has 0 fully saturated rings. The fraction of sp³-hybridized carbons (Fsp3) is 0.600. The third-order valence-electron chi connectivity index (χ3n) is 2.56. The van der Waals surface area contributed by atoms with Gasteiger partial charge in [0.15, 0.2) is 0 Å². The van der Waals surface area contributed by atoms with Gasteiger partial charge in [-0.15, -0.1) is 0 Å². The molecule has 0 atom stereocenters. The van der Waals surface area contributed by atoms with Crippen molar-refractivity contribution in [3.63, 3.8) is 0 Å². The minimum Gasteiger partial charge on any atom is -0.392 e. The van der Waals surface area contributed by atoms with Crippen molar-refractivity contribution in [1.82, 2.24) is 0 Å². The van der Waals surface area contributed by atoms with Crippen LogP contribution in [0.3, 0.4) is 0 Å². The van der Waals surface area contributed by atoms with Crippen LogP contribution in [0.4, 0.5) is 0 Å². The molecule has 92 valence electrons. The van der Waals surface area contributed by atoms with E-state index in [1.807, 2.05) is 6.08 Å². The molecule has 16 heavy (non-hydrogen) atoms. The molecule has 0 saturated carbocycles. The first-order valence-electron chi connectivity index (χ1n) is 6.11. The van der Waals surface area contributed by atoms with Crippen LogP contribution in [-0.2, 0) is 0 Å². The molecule has 0 aromatic carbocycles. The molecular formula is C15H26O. The van der Waals surface area contributed by atoms with E-state index in [1.54, 1.807) is 0 Å². The van der Waals surface area contributed by atoms with Crippen LogP contribution < -0.4 is 0 Å². The number of hydrogen-bond donors (Lipinski definition) is 1. The summed E-state index contributed by atoms with van der Waals surface area (Å²) in [7, 11) is 0. The molecule has 0 heterocycles. The minimum atomic E-state index is 0.162. The van der Waals surface area contributed by atoms with Crippen molar-refractivity contribution in [1.29, 1.82) is 0 Å². The standard InChI is InChI=1S/C15H26O/c1-13(2)7-5-8-14(3)9-6-10-15(4)11-12-16/h7,9,11,16H,5-6,8,10,12H2,1-4H3/b14-9?,15-11-. The zero-order valence-corrected chi connectivity index (χ0v) is 11.2. The molecule has 0 radical (unpaired) electrons. The molecule has 0 amide bonds. The predicted octanol–water partition coefficient (Wildman–Crippen LogP) is 4.40. The molecular weight excluding hydrogens is 196 g/mol. The summed E-state index contributed by atoms with van der Waals surface area (Å²) in [6.45, 7) is 8.71. The van der Waals surface area contributed by atoms with Crippen LogP contribution in [-0.4, -0.2) is 11.7 Å². The van der Waals surface area contributed by atoms with E-state index in [4.69, 9.17) is 5.11 Å². The third-order valence-corrected chi connectivity index (χ3v) is 2.56. The second kappa shape index (κ2) is 9.41. The first kappa shape index (κ1) is 15.2. The monoisotopic (exact) mass is 222 g/mol. The molecule has 0 spiro atoms. The fourth-order valence-electron chi connectivity index (χ4n) is 1.49. The second-order valence-corrected chi connectivity index (χ2v) is 4.64. The van der Waals surface area contributed by atoms with Crippen molar-refractivity contribution < 1.29 is 5.11 Å². The quantitative estimate of drug-likeness (QED) is 0.633. The van der Waals surface area contributed by atoms with Crippen LogP contribution >= 0.6 is 0 Å². The normalized spacial score (nSPS) is 12.8. The highest BCUT2D eigenvalue weighted by molar-refractivity contribution is 5.05. The Labute approximate surface area is 101 Å². The molecule has 0 rings (SSSR count). The Balaban J connectivity index is 3.79. The lowest BCUT2D eigenvalue weighted by molar-refractivity contribution is 0.341. The summed E-state index contributed by atoms with van der Waals surface area (Å²) < 4.78 is 0. The van der Waals surface area contributed by atoms with Crippen LogP contribution in [0, 0.1) is 0 Å². The predicted molar refractivity (Wildman–Crippen MR) is 72.5 cm³/mol. The van der Waals surface area contributed by atoms with E-state index in [9.17, 15) is 0 Å². The van der Waals surface area contributed by atoms with Gasteiger partial charge in [0.05, 0.1) is 6.61 Å². The van der Waals surface area contributed by atoms with Crippen molar-refractivity contribution >= 4 is 0 Å². The summed E-state index contributed by atoms with van der Waals surface area (Å²) in [6.07, 6.45) is 10.9. The zero-order chi connectivity index (χ0) is 12.4. The van der Waals surface area contributed by atoms with Crippen LogP contribution in [0.15, 0.2) is 34.9 Å². The van der Waals surface area contributed by atoms with Gasteiger partial charge in [-0.25, -0.2) is 0 Å². The zero-order valence-electron chi connectivity index (χ0n) is 11.2. The molecule has 0 aromatic heterocycles. The number of rotatable bonds is 7. The summed E-state index contributed by atoms with van der Waals surface area (Å²) in [4.78, 5) is 0. The van der Waals surface area contributed by atoms with Gasteiger partial charge in [-0.05, 0) is 53.4 Å². The van der Waals surface area contributed by atoms with Crippen molar-refractivity contribution in [2.24, 2.45) is 0 Å². The summed E-state index contributed by atoms with van der Waals surface area (Å²) >= 11 is 0. The smallest absolute Gasteiger partial charge is 0.0614 e. The topological polar surface area (TPSA) is 20.2 Å². The Hall–Kier alpha value is -0.820. The lowest BCUT2D eigenvalue weighted by Crippen LogP contribution is -1.82. The van der Waals surface area contributed by atoms with Gasteiger partial charge < -0.3 is 5.11 Å². The highest BCUT2D eigenvalue weighted by Gasteiger charge is 1.91.